The fraction of sp³-hybridized carbons (Fsp3) is 0.345. The predicted molar refractivity (Wildman–Crippen MR) is 143 cm³/mol. The van der Waals surface area contributed by atoms with Gasteiger partial charge < -0.3 is 16.0 Å². The fourth-order valence-corrected chi connectivity index (χ4v) is 5.16. The molecule has 1 saturated heterocycles. The Kier molecular flexibility index (Phi) is 6.64. The molecule has 3 N–H and O–H groups in total. The van der Waals surface area contributed by atoms with E-state index in [4.69, 9.17) is 5.73 Å². The minimum Gasteiger partial charge on any atom is -0.382 e. The number of anilines is 1. The Bertz CT molecular complexity index is 1390. The van der Waals surface area contributed by atoms with Crippen LogP contribution in [0.2, 0.25) is 0 Å². The molecule has 0 atom stereocenters. The first-order chi connectivity index (χ1) is 17.0. The summed E-state index contributed by atoms with van der Waals surface area (Å²) in [6.07, 6.45) is 6.08. The molecular formula is C29H33N5O. The normalized spacial score (nSPS) is 14.1. The van der Waals surface area contributed by atoms with Crippen LogP contribution in [-0.2, 0) is 12.8 Å². The molecule has 0 bridgehead atoms. The van der Waals surface area contributed by atoms with Crippen molar-refractivity contribution in [2.75, 3.05) is 31.9 Å². The Balaban J connectivity index is 1.32. The molecule has 1 fully saturated rings. The van der Waals surface area contributed by atoms with Crippen molar-refractivity contribution in [3.63, 3.8) is 0 Å². The minimum absolute atomic E-state index is 0.00344. The highest BCUT2D eigenvalue weighted by Gasteiger charge is 2.14. The van der Waals surface area contributed by atoms with Gasteiger partial charge in [0.15, 0.2) is 5.82 Å². The molecule has 6 nitrogen and oxygen atoms in total. The van der Waals surface area contributed by atoms with Crippen LogP contribution in [0, 0.1) is 13.8 Å². The molecule has 3 heterocycles. The largest absolute Gasteiger partial charge is 0.382 e. The molecule has 0 unspecified atom stereocenters. The van der Waals surface area contributed by atoms with Gasteiger partial charge in [0.2, 0.25) is 0 Å². The van der Waals surface area contributed by atoms with E-state index in [2.05, 4.69) is 64.4 Å². The van der Waals surface area contributed by atoms with E-state index in [-0.39, 0.29) is 5.91 Å². The maximum Gasteiger partial charge on any atom is 0.251 e. The molecule has 0 radical (unpaired) electrons. The second kappa shape index (κ2) is 10.0. The predicted octanol–water partition coefficient (Wildman–Crippen LogP) is 4.59. The van der Waals surface area contributed by atoms with E-state index >= 15 is 0 Å². The van der Waals surface area contributed by atoms with Gasteiger partial charge in [-0.3, -0.25) is 9.78 Å². The number of nitrogens with two attached hydrogens (primary N) is 1. The van der Waals surface area contributed by atoms with E-state index < -0.39 is 0 Å². The summed E-state index contributed by atoms with van der Waals surface area (Å²) < 4.78 is 0. The summed E-state index contributed by atoms with van der Waals surface area (Å²) in [5, 5.41) is 5.24. The second-order valence-electron chi connectivity index (χ2n) is 9.66. The number of nitrogens with one attached hydrogen (secondary N) is 1. The summed E-state index contributed by atoms with van der Waals surface area (Å²) in [4.78, 5) is 24.2. The van der Waals surface area contributed by atoms with Gasteiger partial charge in [0.25, 0.3) is 5.91 Å². The first-order valence-corrected chi connectivity index (χ1v) is 12.5. The number of rotatable bonds is 7. The van der Waals surface area contributed by atoms with Crippen LogP contribution in [-0.4, -0.2) is 47.0 Å². The van der Waals surface area contributed by atoms with E-state index in [0.717, 1.165) is 71.0 Å². The zero-order valence-electron chi connectivity index (χ0n) is 20.6. The molecule has 1 aliphatic rings. The number of hydrogen-bond acceptors (Lipinski definition) is 5. The number of carbonyl (C=O) groups excluding carboxylic acids is 1. The molecular weight excluding hydrogens is 434 g/mol. The van der Waals surface area contributed by atoms with E-state index in [1.54, 1.807) is 0 Å². The Labute approximate surface area is 206 Å². The van der Waals surface area contributed by atoms with Gasteiger partial charge >= 0.3 is 0 Å². The topological polar surface area (TPSA) is 84.1 Å². The lowest BCUT2D eigenvalue weighted by Crippen LogP contribution is -2.33. The summed E-state index contributed by atoms with van der Waals surface area (Å²) in [5.41, 5.74) is 13.4. The smallest absolute Gasteiger partial charge is 0.251 e. The standard InChI is InChI=1S/C29H33N5O/c1-19-5-10-24-25(17-19)33-28(30)27-26(24)22(11-12-31-27)8-6-21-7-9-23(18-20(21)2)29(35)32-13-16-34-14-3-4-15-34/h5,7,9-12,17-18H,3-4,6,8,13-16H2,1-2H3,(H2,30,33)(H,32,35). The average Bonchev–Trinajstić information content (AvgIpc) is 3.36. The molecule has 5 rings (SSSR count). The maximum atomic E-state index is 12.6. The number of benzene rings is 2. The Morgan fingerprint density at radius 2 is 1.83 bits per heavy atom. The number of fused-ring (bicyclic) bond motifs is 3. The fourth-order valence-electron chi connectivity index (χ4n) is 5.16. The van der Waals surface area contributed by atoms with Crippen LogP contribution in [0.5, 0.6) is 0 Å². The molecule has 2 aromatic carbocycles. The van der Waals surface area contributed by atoms with Gasteiger partial charge in [-0.1, -0.05) is 18.2 Å². The van der Waals surface area contributed by atoms with Crippen molar-refractivity contribution >= 4 is 33.5 Å². The monoisotopic (exact) mass is 467 g/mol. The van der Waals surface area contributed by atoms with Gasteiger partial charge in [-0.25, -0.2) is 4.98 Å². The highest BCUT2D eigenvalue weighted by molar-refractivity contribution is 6.09. The number of aryl methyl sites for hydroxylation is 4. The molecule has 2 aromatic heterocycles. The van der Waals surface area contributed by atoms with Crippen molar-refractivity contribution in [3.05, 3.63) is 76.5 Å². The van der Waals surface area contributed by atoms with Gasteiger partial charge in [0, 0.05) is 35.6 Å². The maximum absolute atomic E-state index is 12.6. The van der Waals surface area contributed by atoms with Crippen molar-refractivity contribution in [1.82, 2.24) is 20.2 Å². The molecule has 4 aromatic rings. The lowest BCUT2D eigenvalue weighted by Gasteiger charge is -2.15. The highest BCUT2D eigenvalue weighted by Crippen LogP contribution is 2.30. The first-order valence-electron chi connectivity index (χ1n) is 12.5. The van der Waals surface area contributed by atoms with Crippen molar-refractivity contribution < 1.29 is 4.79 Å². The Morgan fingerprint density at radius 3 is 2.63 bits per heavy atom. The summed E-state index contributed by atoms with van der Waals surface area (Å²) in [6.45, 7) is 8.06. The van der Waals surface area contributed by atoms with Crippen molar-refractivity contribution in [3.8, 4) is 0 Å². The van der Waals surface area contributed by atoms with Gasteiger partial charge in [-0.05, 0) is 99.1 Å². The van der Waals surface area contributed by atoms with Crippen LogP contribution in [0.15, 0.2) is 48.7 Å². The molecule has 35 heavy (non-hydrogen) atoms. The Morgan fingerprint density at radius 1 is 1.03 bits per heavy atom. The van der Waals surface area contributed by atoms with Gasteiger partial charge in [-0.15, -0.1) is 0 Å². The van der Waals surface area contributed by atoms with E-state index in [0.29, 0.717) is 12.4 Å². The van der Waals surface area contributed by atoms with Crippen LogP contribution in [0.1, 0.15) is 45.5 Å². The molecule has 1 aliphatic heterocycles. The highest BCUT2D eigenvalue weighted by atomic mass is 16.1. The van der Waals surface area contributed by atoms with Gasteiger partial charge in [0.05, 0.1) is 5.52 Å². The summed E-state index contributed by atoms with van der Waals surface area (Å²) in [6, 6.07) is 14.4. The number of hydrogen-bond donors (Lipinski definition) is 2. The molecule has 0 saturated carbocycles. The van der Waals surface area contributed by atoms with Crippen LogP contribution >= 0.6 is 0 Å². The van der Waals surface area contributed by atoms with Crippen molar-refractivity contribution in [2.24, 2.45) is 0 Å². The van der Waals surface area contributed by atoms with Crippen LogP contribution < -0.4 is 11.1 Å². The first kappa shape index (κ1) is 23.2. The molecule has 6 heteroatoms. The lowest BCUT2D eigenvalue weighted by atomic mass is 9.95. The van der Waals surface area contributed by atoms with Gasteiger partial charge in [0.1, 0.15) is 5.52 Å². The number of pyridine rings is 2. The Hall–Kier alpha value is -3.51. The van der Waals surface area contributed by atoms with Crippen LogP contribution in [0.4, 0.5) is 5.82 Å². The molecule has 0 spiro atoms. The number of likely N-dealkylation sites (tertiary alicyclic amines) is 1. The number of amides is 1. The van der Waals surface area contributed by atoms with E-state index in [1.165, 1.54) is 24.0 Å². The lowest BCUT2D eigenvalue weighted by molar-refractivity contribution is 0.0949. The number of carbonyl (C=O) groups is 1. The zero-order chi connectivity index (χ0) is 24.4. The second-order valence-corrected chi connectivity index (χ2v) is 9.66. The number of nitrogens with zero attached hydrogens (tertiary/aromatic N) is 3. The summed E-state index contributed by atoms with van der Waals surface area (Å²) >= 11 is 0. The summed E-state index contributed by atoms with van der Waals surface area (Å²) in [5.74, 6) is 0.472. The van der Waals surface area contributed by atoms with E-state index in [9.17, 15) is 4.79 Å². The molecule has 1 amide bonds. The summed E-state index contributed by atoms with van der Waals surface area (Å²) in [7, 11) is 0. The number of nitrogen functional groups attached to an aromatic ring is 1. The van der Waals surface area contributed by atoms with E-state index in [1.807, 2.05) is 18.3 Å². The quantitative estimate of drug-likeness (QED) is 0.388. The number of aromatic nitrogens is 2. The molecule has 180 valence electrons. The average molecular weight is 468 g/mol. The zero-order valence-corrected chi connectivity index (χ0v) is 20.6. The van der Waals surface area contributed by atoms with Crippen molar-refractivity contribution in [2.45, 2.75) is 39.5 Å². The third kappa shape index (κ3) is 4.98. The van der Waals surface area contributed by atoms with Gasteiger partial charge in [-0.2, -0.15) is 0 Å². The SMILES string of the molecule is Cc1ccc2c(c1)nc(N)c1nccc(CCc3ccc(C(=O)NCCN4CCCC4)cc3C)c12. The third-order valence-corrected chi connectivity index (χ3v) is 7.12. The van der Waals surface area contributed by atoms with Crippen LogP contribution in [0.25, 0.3) is 21.8 Å². The third-order valence-electron chi connectivity index (χ3n) is 7.12. The minimum atomic E-state index is 0.00344. The van der Waals surface area contributed by atoms with Crippen molar-refractivity contribution in [1.29, 1.82) is 0 Å². The molecule has 0 aliphatic carbocycles. The van der Waals surface area contributed by atoms with Crippen LogP contribution in [0.3, 0.4) is 0 Å².